The Balaban J connectivity index is 2.26. The normalized spacial score (nSPS) is 11.6. The van der Waals surface area contributed by atoms with Crippen molar-refractivity contribution in [3.05, 3.63) is 41.3 Å². The first kappa shape index (κ1) is 15.8. The van der Waals surface area contributed by atoms with Gasteiger partial charge in [-0.2, -0.15) is 0 Å². The first-order chi connectivity index (χ1) is 11.0. The van der Waals surface area contributed by atoms with Crippen LogP contribution < -0.4 is 0 Å². The van der Waals surface area contributed by atoms with Crippen LogP contribution in [0.3, 0.4) is 0 Å². The molecule has 0 saturated carbocycles. The highest BCUT2D eigenvalue weighted by atomic mass is 35.5. The maximum atomic E-state index is 14.5. The third-order valence-corrected chi connectivity index (χ3v) is 3.72. The van der Waals surface area contributed by atoms with E-state index >= 15 is 0 Å². The highest BCUT2D eigenvalue weighted by Crippen LogP contribution is 2.29. The van der Waals surface area contributed by atoms with Crippen LogP contribution in [0.1, 0.15) is 25.7 Å². The van der Waals surface area contributed by atoms with E-state index in [1.165, 1.54) is 6.07 Å². The molecule has 0 saturated heterocycles. The second kappa shape index (κ2) is 6.22. The summed E-state index contributed by atoms with van der Waals surface area (Å²) in [6.07, 6.45) is 1.54. The van der Waals surface area contributed by atoms with Gasteiger partial charge in [0.25, 0.3) is 0 Å². The Hall–Kier alpha value is -2.05. The number of rotatable bonds is 4. The molecule has 23 heavy (non-hydrogen) atoms. The Morgan fingerprint density at radius 2 is 2.09 bits per heavy atom. The van der Waals surface area contributed by atoms with Gasteiger partial charge in [0, 0.05) is 24.9 Å². The number of nitrogens with zero attached hydrogens (tertiary/aromatic N) is 4. The van der Waals surface area contributed by atoms with Crippen LogP contribution in [0, 0.1) is 5.82 Å². The molecule has 1 aromatic carbocycles. The molecule has 5 nitrogen and oxygen atoms in total. The topological polar surface area (TPSA) is 52.8 Å². The number of fused-ring (bicyclic) bond motifs is 1. The van der Waals surface area contributed by atoms with Gasteiger partial charge in [0.1, 0.15) is 17.9 Å². The first-order valence-electron chi connectivity index (χ1n) is 7.19. The molecule has 0 spiro atoms. The zero-order valence-corrected chi connectivity index (χ0v) is 13.8. The minimum atomic E-state index is -0.399. The molecule has 0 fully saturated rings. The number of ether oxygens (including phenoxy) is 1. The van der Waals surface area contributed by atoms with E-state index in [0.29, 0.717) is 34.7 Å². The Labute approximate surface area is 138 Å². The van der Waals surface area contributed by atoms with Crippen LogP contribution in [0.4, 0.5) is 4.39 Å². The van der Waals surface area contributed by atoms with Gasteiger partial charge in [-0.3, -0.25) is 0 Å². The Bertz CT molecular complexity index is 863. The zero-order valence-electron chi connectivity index (χ0n) is 13.0. The smallest absolute Gasteiger partial charge is 0.222 e. The summed E-state index contributed by atoms with van der Waals surface area (Å²) >= 11 is 5.83. The lowest BCUT2D eigenvalue weighted by molar-refractivity contribution is 0.173. The fourth-order valence-electron chi connectivity index (χ4n) is 2.65. The SMILES string of the molecule is COCc1nc2c(F)cc(-c3ccnc(Cl)n3)cc2n1C(C)C. The van der Waals surface area contributed by atoms with Crippen LogP contribution in [-0.2, 0) is 11.3 Å². The summed E-state index contributed by atoms with van der Waals surface area (Å²) in [4.78, 5) is 12.4. The fraction of sp³-hybridized carbons (Fsp3) is 0.312. The van der Waals surface area contributed by atoms with Gasteiger partial charge in [0.15, 0.2) is 5.82 Å². The molecule has 2 heterocycles. The molecule has 3 rings (SSSR count). The lowest BCUT2D eigenvalue weighted by Gasteiger charge is -2.13. The Kier molecular flexibility index (Phi) is 4.28. The average Bonchev–Trinajstić information content (AvgIpc) is 2.86. The number of methoxy groups -OCH3 is 1. The molecule has 0 unspecified atom stereocenters. The van der Waals surface area contributed by atoms with Crippen molar-refractivity contribution in [1.29, 1.82) is 0 Å². The van der Waals surface area contributed by atoms with E-state index in [-0.39, 0.29) is 11.3 Å². The van der Waals surface area contributed by atoms with Crippen LogP contribution in [0.15, 0.2) is 24.4 Å². The first-order valence-corrected chi connectivity index (χ1v) is 7.57. The molecular weight excluding hydrogens is 319 g/mol. The molecule has 0 aliphatic heterocycles. The summed E-state index contributed by atoms with van der Waals surface area (Å²) in [6, 6.07) is 5.09. The van der Waals surface area contributed by atoms with Gasteiger partial charge in [-0.1, -0.05) is 0 Å². The van der Waals surface area contributed by atoms with Crippen molar-refractivity contribution in [2.45, 2.75) is 26.5 Å². The van der Waals surface area contributed by atoms with E-state index in [4.69, 9.17) is 16.3 Å². The summed E-state index contributed by atoms with van der Waals surface area (Å²) < 4.78 is 21.7. The molecule has 0 aliphatic rings. The molecule has 0 aliphatic carbocycles. The molecule has 0 N–H and O–H groups in total. The highest BCUT2D eigenvalue weighted by molar-refractivity contribution is 6.28. The van der Waals surface area contributed by atoms with Crippen molar-refractivity contribution in [3.8, 4) is 11.3 Å². The van der Waals surface area contributed by atoms with Crippen LogP contribution in [-0.4, -0.2) is 26.6 Å². The number of hydrogen-bond donors (Lipinski definition) is 0. The minimum absolute atomic E-state index is 0.119. The van der Waals surface area contributed by atoms with Crippen LogP contribution in [0.25, 0.3) is 22.3 Å². The van der Waals surface area contributed by atoms with Crippen molar-refractivity contribution in [3.63, 3.8) is 0 Å². The number of halogens is 2. The largest absolute Gasteiger partial charge is 0.377 e. The molecule has 0 bridgehead atoms. The van der Waals surface area contributed by atoms with Gasteiger partial charge in [0.2, 0.25) is 5.28 Å². The highest BCUT2D eigenvalue weighted by Gasteiger charge is 2.18. The van der Waals surface area contributed by atoms with E-state index in [2.05, 4.69) is 15.0 Å². The third-order valence-electron chi connectivity index (χ3n) is 3.53. The van der Waals surface area contributed by atoms with Gasteiger partial charge in [-0.15, -0.1) is 0 Å². The van der Waals surface area contributed by atoms with Crippen molar-refractivity contribution in [1.82, 2.24) is 19.5 Å². The minimum Gasteiger partial charge on any atom is -0.377 e. The van der Waals surface area contributed by atoms with E-state index in [1.807, 2.05) is 24.5 Å². The third kappa shape index (κ3) is 2.92. The van der Waals surface area contributed by atoms with Crippen molar-refractivity contribution in [2.75, 3.05) is 7.11 Å². The molecule has 0 radical (unpaired) electrons. The molecule has 0 atom stereocenters. The predicted molar refractivity (Wildman–Crippen MR) is 86.8 cm³/mol. The lowest BCUT2D eigenvalue weighted by Crippen LogP contribution is -2.07. The van der Waals surface area contributed by atoms with E-state index in [9.17, 15) is 4.39 Å². The van der Waals surface area contributed by atoms with Crippen molar-refractivity contribution < 1.29 is 9.13 Å². The van der Waals surface area contributed by atoms with E-state index in [1.54, 1.807) is 19.4 Å². The Morgan fingerprint density at radius 1 is 1.30 bits per heavy atom. The average molecular weight is 335 g/mol. The van der Waals surface area contributed by atoms with Gasteiger partial charge in [-0.25, -0.2) is 19.3 Å². The quantitative estimate of drug-likeness (QED) is 0.676. The predicted octanol–water partition coefficient (Wildman–Crippen LogP) is 4.01. The molecule has 7 heteroatoms. The summed E-state index contributed by atoms with van der Waals surface area (Å²) in [5.74, 6) is 0.290. The Morgan fingerprint density at radius 3 is 2.74 bits per heavy atom. The maximum absolute atomic E-state index is 14.5. The summed E-state index contributed by atoms with van der Waals surface area (Å²) in [5, 5.41) is 0.125. The van der Waals surface area contributed by atoms with Crippen LogP contribution in [0.5, 0.6) is 0 Å². The molecule has 3 aromatic rings. The van der Waals surface area contributed by atoms with Gasteiger partial charge in [0.05, 0.1) is 11.2 Å². The second-order valence-corrected chi connectivity index (χ2v) is 5.80. The number of benzene rings is 1. The monoisotopic (exact) mass is 334 g/mol. The summed E-state index contributed by atoms with van der Waals surface area (Å²) in [6.45, 7) is 4.36. The summed E-state index contributed by atoms with van der Waals surface area (Å²) in [5.41, 5.74) is 2.23. The standard InChI is InChI=1S/C16H16ClFN4O/c1-9(2)22-13-7-10(12-4-5-19-16(17)20-12)6-11(18)15(13)21-14(22)8-23-3/h4-7,9H,8H2,1-3H3. The molecular formula is C16H16ClFN4O. The van der Waals surface area contributed by atoms with Gasteiger partial charge < -0.3 is 9.30 Å². The fourth-order valence-corrected chi connectivity index (χ4v) is 2.80. The number of hydrogen-bond acceptors (Lipinski definition) is 4. The van der Waals surface area contributed by atoms with Gasteiger partial charge >= 0.3 is 0 Å². The number of aromatic nitrogens is 4. The second-order valence-electron chi connectivity index (χ2n) is 5.46. The van der Waals surface area contributed by atoms with Crippen molar-refractivity contribution >= 4 is 22.6 Å². The van der Waals surface area contributed by atoms with Gasteiger partial charge in [-0.05, 0) is 43.6 Å². The zero-order chi connectivity index (χ0) is 16.6. The van der Waals surface area contributed by atoms with E-state index < -0.39 is 5.82 Å². The maximum Gasteiger partial charge on any atom is 0.222 e. The molecule has 120 valence electrons. The number of imidazole rings is 1. The van der Waals surface area contributed by atoms with Crippen LogP contribution >= 0.6 is 11.6 Å². The molecule has 2 aromatic heterocycles. The van der Waals surface area contributed by atoms with E-state index in [0.717, 1.165) is 0 Å². The molecule has 0 amide bonds. The lowest BCUT2D eigenvalue weighted by atomic mass is 10.1. The van der Waals surface area contributed by atoms with Crippen LogP contribution in [0.2, 0.25) is 5.28 Å². The summed E-state index contributed by atoms with van der Waals surface area (Å²) in [7, 11) is 1.59. The van der Waals surface area contributed by atoms with Crippen molar-refractivity contribution in [2.24, 2.45) is 0 Å².